The average molecular weight is 220 g/mol. The molecule has 0 amide bonds. The quantitative estimate of drug-likeness (QED) is 0.723. The topological polar surface area (TPSA) is 18.5 Å². The number of hydrogen-bond acceptors (Lipinski definition) is 2. The van der Waals surface area contributed by atoms with Crippen molar-refractivity contribution in [3.8, 4) is 11.5 Å². The number of methoxy groups -OCH3 is 2. The second-order valence-corrected chi connectivity index (χ2v) is 4.13. The van der Waals surface area contributed by atoms with E-state index >= 15 is 0 Å². The van der Waals surface area contributed by atoms with Crippen LogP contribution in [0.4, 0.5) is 0 Å². The van der Waals surface area contributed by atoms with Gasteiger partial charge < -0.3 is 9.47 Å². The van der Waals surface area contributed by atoms with Crippen molar-refractivity contribution < 1.29 is 9.47 Å². The molecule has 16 heavy (non-hydrogen) atoms. The van der Waals surface area contributed by atoms with Crippen molar-refractivity contribution in [1.82, 2.24) is 0 Å². The molecule has 0 aromatic heterocycles. The lowest BCUT2D eigenvalue weighted by Gasteiger charge is -2.13. The molecular weight excluding hydrogens is 200 g/mol. The Morgan fingerprint density at radius 2 is 1.62 bits per heavy atom. The predicted octanol–water partition coefficient (Wildman–Crippen LogP) is 3.52. The van der Waals surface area contributed by atoms with Gasteiger partial charge in [-0.25, -0.2) is 0 Å². The van der Waals surface area contributed by atoms with Gasteiger partial charge in [0.05, 0.1) is 14.2 Å². The van der Waals surface area contributed by atoms with Gasteiger partial charge in [-0.15, -0.1) is 0 Å². The molecule has 0 fully saturated rings. The molecule has 0 spiro atoms. The Morgan fingerprint density at radius 3 is 2.00 bits per heavy atom. The molecule has 1 aromatic rings. The second kappa shape index (κ2) is 5.59. The van der Waals surface area contributed by atoms with Gasteiger partial charge in [-0.3, -0.25) is 0 Å². The zero-order valence-electron chi connectivity index (χ0n) is 10.8. The van der Waals surface area contributed by atoms with Crippen LogP contribution in [0.1, 0.15) is 25.0 Å². The Kier molecular flexibility index (Phi) is 4.41. The summed E-state index contributed by atoms with van der Waals surface area (Å²) < 4.78 is 10.8. The molecule has 0 N–H and O–H groups in total. The monoisotopic (exact) mass is 220 g/mol. The molecule has 0 saturated carbocycles. The summed E-state index contributed by atoms with van der Waals surface area (Å²) in [6.07, 6.45) is 3.02. The van der Waals surface area contributed by atoms with E-state index < -0.39 is 0 Å². The van der Waals surface area contributed by atoms with E-state index in [0.717, 1.165) is 29.0 Å². The molecule has 0 atom stereocenters. The fourth-order valence-electron chi connectivity index (χ4n) is 1.62. The molecule has 0 aliphatic heterocycles. The van der Waals surface area contributed by atoms with Gasteiger partial charge >= 0.3 is 0 Å². The summed E-state index contributed by atoms with van der Waals surface area (Å²) in [7, 11) is 3.39. The smallest absolute Gasteiger partial charge is 0.126 e. The van der Waals surface area contributed by atoms with Crippen molar-refractivity contribution in [2.45, 2.75) is 27.2 Å². The van der Waals surface area contributed by atoms with Crippen molar-refractivity contribution >= 4 is 0 Å². The molecule has 0 radical (unpaired) electrons. The normalized spacial score (nSPS) is 9.81. The van der Waals surface area contributed by atoms with Crippen molar-refractivity contribution in [1.29, 1.82) is 0 Å². The zero-order valence-corrected chi connectivity index (χ0v) is 10.8. The fraction of sp³-hybridized carbons (Fsp3) is 0.429. The summed E-state index contributed by atoms with van der Waals surface area (Å²) >= 11 is 0. The van der Waals surface area contributed by atoms with Crippen molar-refractivity contribution in [3.63, 3.8) is 0 Å². The number of allylic oxidation sites excluding steroid dienone is 2. The summed E-state index contributed by atoms with van der Waals surface area (Å²) in [6.45, 7) is 6.22. The first kappa shape index (κ1) is 12.6. The summed E-state index contributed by atoms with van der Waals surface area (Å²) in [5.41, 5.74) is 3.55. The molecule has 1 rings (SSSR count). The molecule has 0 unspecified atom stereocenters. The first-order valence-electron chi connectivity index (χ1n) is 5.43. The summed E-state index contributed by atoms with van der Waals surface area (Å²) in [5.74, 6) is 1.80. The molecule has 0 heterocycles. The van der Waals surface area contributed by atoms with Gasteiger partial charge in [0.1, 0.15) is 11.5 Å². The lowest BCUT2D eigenvalue weighted by atomic mass is 10.1. The zero-order chi connectivity index (χ0) is 12.1. The van der Waals surface area contributed by atoms with E-state index in [1.165, 1.54) is 5.57 Å². The van der Waals surface area contributed by atoms with Crippen LogP contribution in [0.25, 0.3) is 0 Å². The molecule has 0 aliphatic carbocycles. The average Bonchev–Trinajstić information content (AvgIpc) is 2.25. The van der Waals surface area contributed by atoms with Crippen molar-refractivity contribution in [2.75, 3.05) is 14.2 Å². The van der Waals surface area contributed by atoms with Crippen LogP contribution in [-0.4, -0.2) is 14.2 Å². The Labute approximate surface area is 97.9 Å². The molecule has 0 bridgehead atoms. The van der Waals surface area contributed by atoms with Crippen LogP contribution in [-0.2, 0) is 6.42 Å². The lowest BCUT2D eigenvalue weighted by molar-refractivity contribution is 0.386. The van der Waals surface area contributed by atoms with Crippen LogP contribution >= 0.6 is 0 Å². The van der Waals surface area contributed by atoms with E-state index in [9.17, 15) is 0 Å². The third-order valence-electron chi connectivity index (χ3n) is 2.47. The van der Waals surface area contributed by atoms with E-state index in [4.69, 9.17) is 9.47 Å². The standard InChI is InChI=1S/C14H20O2/c1-10(2)6-7-12-13(15-4)8-11(3)9-14(12)16-5/h6,8-9H,7H2,1-5H3. The van der Waals surface area contributed by atoms with Crippen LogP contribution in [0.15, 0.2) is 23.8 Å². The fourth-order valence-corrected chi connectivity index (χ4v) is 1.62. The van der Waals surface area contributed by atoms with Crippen molar-refractivity contribution in [3.05, 3.63) is 34.9 Å². The second-order valence-electron chi connectivity index (χ2n) is 4.13. The maximum absolute atomic E-state index is 5.39. The summed E-state index contributed by atoms with van der Waals surface area (Å²) in [4.78, 5) is 0. The van der Waals surface area contributed by atoms with Gasteiger partial charge in [0, 0.05) is 5.56 Å². The summed E-state index contributed by atoms with van der Waals surface area (Å²) in [5, 5.41) is 0. The molecule has 88 valence electrons. The highest BCUT2D eigenvalue weighted by atomic mass is 16.5. The van der Waals surface area contributed by atoms with Crippen LogP contribution in [0.2, 0.25) is 0 Å². The number of hydrogen-bond donors (Lipinski definition) is 0. The highest BCUT2D eigenvalue weighted by molar-refractivity contribution is 5.48. The van der Waals surface area contributed by atoms with Crippen LogP contribution in [0, 0.1) is 6.92 Å². The Bertz CT molecular complexity index is 363. The van der Waals surface area contributed by atoms with Gasteiger partial charge in [0.2, 0.25) is 0 Å². The first-order valence-corrected chi connectivity index (χ1v) is 5.43. The predicted molar refractivity (Wildman–Crippen MR) is 67.4 cm³/mol. The number of rotatable bonds is 4. The number of aryl methyl sites for hydroxylation is 1. The van der Waals surface area contributed by atoms with Crippen LogP contribution in [0.3, 0.4) is 0 Å². The van der Waals surface area contributed by atoms with E-state index in [1.807, 2.05) is 19.1 Å². The van der Waals surface area contributed by atoms with E-state index in [1.54, 1.807) is 14.2 Å². The Balaban J connectivity index is 3.16. The Morgan fingerprint density at radius 1 is 1.12 bits per heavy atom. The maximum atomic E-state index is 5.39. The third kappa shape index (κ3) is 3.02. The molecule has 0 aliphatic rings. The molecule has 0 saturated heterocycles. The minimum Gasteiger partial charge on any atom is -0.496 e. The number of benzene rings is 1. The van der Waals surface area contributed by atoms with Gasteiger partial charge in [-0.1, -0.05) is 11.6 Å². The van der Waals surface area contributed by atoms with Crippen LogP contribution < -0.4 is 9.47 Å². The van der Waals surface area contributed by atoms with Gasteiger partial charge in [0.25, 0.3) is 0 Å². The van der Waals surface area contributed by atoms with E-state index in [0.29, 0.717) is 0 Å². The summed E-state index contributed by atoms with van der Waals surface area (Å²) in [6, 6.07) is 4.08. The van der Waals surface area contributed by atoms with Gasteiger partial charge in [-0.05, 0) is 44.9 Å². The van der Waals surface area contributed by atoms with Gasteiger partial charge in [-0.2, -0.15) is 0 Å². The number of ether oxygens (including phenoxy) is 2. The molecular formula is C14H20O2. The highest BCUT2D eigenvalue weighted by Crippen LogP contribution is 2.31. The maximum Gasteiger partial charge on any atom is 0.126 e. The first-order chi connectivity index (χ1) is 7.58. The highest BCUT2D eigenvalue weighted by Gasteiger charge is 2.09. The molecule has 2 heteroatoms. The van der Waals surface area contributed by atoms with Crippen LogP contribution in [0.5, 0.6) is 11.5 Å². The van der Waals surface area contributed by atoms with Gasteiger partial charge in [0.15, 0.2) is 0 Å². The Hall–Kier alpha value is -1.44. The SMILES string of the molecule is COc1cc(C)cc(OC)c1CC=C(C)C. The van der Waals surface area contributed by atoms with E-state index in [2.05, 4.69) is 19.9 Å². The minimum absolute atomic E-state index is 0.842. The minimum atomic E-state index is 0.842. The largest absolute Gasteiger partial charge is 0.496 e. The molecule has 2 nitrogen and oxygen atoms in total. The van der Waals surface area contributed by atoms with E-state index in [-0.39, 0.29) is 0 Å². The van der Waals surface area contributed by atoms with Crippen molar-refractivity contribution in [2.24, 2.45) is 0 Å². The lowest BCUT2D eigenvalue weighted by Crippen LogP contribution is -1.97. The third-order valence-corrected chi connectivity index (χ3v) is 2.47. The molecule has 1 aromatic carbocycles.